The highest BCUT2D eigenvalue weighted by Crippen LogP contribution is 2.40. The first-order valence-corrected chi connectivity index (χ1v) is 6.69. The highest BCUT2D eigenvalue weighted by molar-refractivity contribution is 6.32. The number of rotatable bonds is 3. The summed E-state index contributed by atoms with van der Waals surface area (Å²) in [6.45, 7) is 0.747. The molecule has 1 aliphatic rings. The fourth-order valence-corrected chi connectivity index (χ4v) is 2.41. The Kier molecular flexibility index (Phi) is 3.51. The van der Waals surface area contributed by atoms with Crippen LogP contribution in [0.5, 0.6) is 17.2 Å². The molecule has 0 fully saturated rings. The number of aromatic hydroxyl groups is 1. The minimum Gasteiger partial charge on any atom is -0.506 e. The van der Waals surface area contributed by atoms with Crippen LogP contribution in [0.25, 0.3) is 0 Å². The number of fused-ring (bicyclic) bond motifs is 1. The van der Waals surface area contributed by atoms with E-state index < -0.39 is 0 Å². The Balaban J connectivity index is 1.75. The summed E-state index contributed by atoms with van der Waals surface area (Å²) >= 11 is 12.0. The zero-order valence-corrected chi connectivity index (χ0v) is 11.8. The van der Waals surface area contributed by atoms with Crippen molar-refractivity contribution in [3.05, 3.63) is 45.9 Å². The Morgan fingerprint density at radius 3 is 2.75 bits per heavy atom. The standard InChI is InChI=1S/C14H11Cl2NO3/c15-10-5-9(1-2-12(10)18)17-6-8-3-11(16)14-13(4-8)19-7-20-14/h1-5,17-18H,6-7H2. The van der Waals surface area contributed by atoms with Gasteiger partial charge in [0.25, 0.3) is 0 Å². The topological polar surface area (TPSA) is 50.7 Å². The average molecular weight is 312 g/mol. The monoisotopic (exact) mass is 311 g/mol. The average Bonchev–Trinajstić information content (AvgIpc) is 2.89. The van der Waals surface area contributed by atoms with E-state index in [1.54, 1.807) is 12.1 Å². The molecule has 0 amide bonds. The van der Waals surface area contributed by atoms with Gasteiger partial charge in [-0.15, -0.1) is 0 Å². The van der Waals surface area contributed by atoms with Gasteiger partial charge in [-0.05, 0) is 35.9 Å². The van der Waals surface area contributed by atoms with Gasteiger partial charge in [0.2, 0.25) is 6.79 Å². The summed E-state index contributed by atoms with van der Waals surface area (Å²) in [4.78, 5) is 0. The van der Waals surface area contributed by atoms with Crippen LogP contribution in [0.1, 0.15) is 5.56 Å². The number of phenols is 1. The van der Waals surface area contributed by atoms with Crippen molar-refractivity contribution in [2.45, 2.75) is 6.54 Å². The molecule has 0 bridgehead atoms. The number of halogens is 2. The van der Waals surface area contributed by atoms with Gasteiger partial charge in [0, 0.05) is 12.2 Å². The van der Waals surface area contributed by atoms with Crippen LogP contribution in [0.2, 0.25) is 10.0 Å². The van der Waals surface area contributed by atoms with E-state index >= 15 is 0 Å². The highest BCUT2D eigenvalue weighted by Gasteiger charge is 2.18. The Labute approximate surface area is 125 Å². The van der Waals surface area contributed by atoms with E-state index in [2.05, 4.69) is 5.32 Å². The molecule has 0 saturated heterocycles. The van der Waals surface area contributed by atoms with Crippen molar-refractivity contribution in [1.29, 1.82) is 0 Å². The van der Waals surface area contributed by atoms with E-state index in [0.717, 1.165) is 11.3 Å². The quantitative estimate of drug-likeness (QED) is 0.840. The summed E-state index contributed by atoms with van der Waals surface area (Å²) in [5, 5.41) is 13.4. The van der Waals surface area contributed by atoms with Gasteiger partial charge in [0.05, 0.1) is 10.0 Å². The minimum atomic E-state index is 0.0586. The maximum atomic E-state index is 9.36. The largest absolute Gasteiger partial charge is 0.506 e. The van der Waals surface area contributed by atoms with E-state index in [4.69, 9.17) is 32.7 Å². The van der Waals surface area contributed by atoms with Gasteiger partial charge in [0.1, 0.15) is 5.75 Å². The van der Waals surface area contributed by atoms with E-state index in [-0.39, 0.29) is 12.5 Å². The Morgan fingerprint density at radius 1 is 1.10 bits per heavy atom. The molecule has 2 aromatic rings. The van der Waals surface area contributed by atoms with Gasteiger partial charge in [-0.2, -0.15) is 0 Å². The highest BCUT2D eigenvalue weighted by atomic mass is 35.5. The lowest BCUT2D eigenvalue weighted by Crippen LogP contribution is -1.99. The van der Waals surface area contributed by atoms with Crippen LogP contribution in [-0.2, 0) is 6.54 Å². The SMILES string of the molecule is Oc1ccc(NCc2cc(Cl)c3c(c2)OCO3)cc1Cl. The lowest BCUT2D eigenvalue weighted by Gasteiger charge is -2.09. The van der Waals surface area contributed by atoms with Crippen LogP contribution < -0.4 is 14.8 Å². The molecule has 0 atom stereocenters. The summed E-state index contributed by atoms with van der Waals surface area (Å²) in [7, 11) is 0. The molecule has 3 rings (SSSR count). The van der Waals surface area contributed by atoms with Crippen LogP contribution in [0.3, 0.4) is 0 Å². The van der Waals surface area contributed by atoms with Gasteiger partial charge in [0.15, 0.2) is 11.5 Å². The van der Waals surface area contributed by atoms with E-state index in [1.165, 1.54) is 6.07 Å². The van der Waals surface area contributed by atoms with E-state index in [1.807, 2.05) is 12.1 Å². The van der Waals surface area contributed by atoms with Gasteiger partial charge in [-0.1, -0.05) is 23.2 Å². The summed E-state index contributed by atoms with van der Waals surface area (Å²) in [5.74, 6) is 1.30. The molecule has 20 heavy (non-hydrogen) atoms. The van der Waals surface area contributed by atoms with Crippen LogP contribution in [0, 0.1) is 0 Å². The maximum absolute atomic E-state index is 9.36. The van der Waals surface area contributed by atoms with Crippen molar-refractivity contribution < 1.29 is 14.6 Å². The van der Waals surface area contributed by atoms with Crippen molar-refractivity contribution >= 4 is 28.9 Å². The second kappa shape index (κ2) is 5.31. The Bertz CT molecular complexity index is 661. The zero-order valence-electron chi connectivity index (χ0n) is 10.3. The molecule has 0 aliphatic carbocycles. The summed E-state index contributed by atoms with van der Waals surface area (Å²) in [6.07, 6.45) is 0. The molecule has 104 valence electrons. The van der Waals surface area contributed by atoms with Gasteiger partial charge >= 0.3 is 0 Å². The zero-order chi connectivity index (χ0) is 14.1. The molecule has 0 aromatic heterocycles. The van der Waals surface area contributed by atoms with Crippen LogP contribution in [0.15, 0.2) is 30.3 Å². The normalized spacial score (nSPS) is 12.5. The second-order valence-electron chi connectivity index (χ2n) is 4.33. The van der Waals surface area contributed by atoms with Gasteiger partial charge in [-0.3, -0.25) is 0 Å². The molecule has 0 spiro atoms. The summed E-state index contributed by atoms with van der Waals surface area (Å²) in [6, 6.07) is 8.64. The predicted octanol–water partition coefficient (Wildman–Crippen LogP) is 4.04. The van der Waals surface area contributed by atoms with Gasteiger partial charge < -0.3 is 19.9 Å². The summed E-state index contributed by atoms with van der Waals surface area (Å²) < 4.78 is 10.6. The minimum absolute atomic E-state index is 0.0586. The molecular formula is C14H11Cl2NO3. The lowest BCUT2D eigenvalue weighted by molar-refractivity contribution is 0.174. The van der Waals surface area contributed by atoms with Crippen molar-refractivity contribution in [3.8, 4) is 17.2 Å². The maximum Gasteiger partial charge on any atom is 0.231 e. The predicted molar refractivity (Wildman–Crippen MR) is 78.0 cm³/mol. The van der Waals surface area contributed by atoms with Gasteiger partial charge in [-0.25, -0.2) is 0 Å². The number of benzene rings is 2. The second-order valence-corrected chi connectivity index (χ2v) is 5.15. The third kappa shape index (κ3) is 2.57. The third-order valence-corrected chi connectivity index (χ3v) is 3.51. The molecule has 0 saturated carbocycles. The van der Waals surface area contributed by atoms with E-state index in [9.17, 15) is 5.11 Å². The van der Waals surface area contributed by atoms with E-state index in [0.29, 0.717) is 28.1 Å². The number of hydrogen-bond acceptors (Lipinski definition) is 4. The molecule has 0 unspecified atom stereocenters. The molecule has 6 heteroatoms. The van der Waals surface area contributed by atoms with Crippen LogP contribution >= 0.6 is 23.2 Å². The molecule has 2 aromatic carbocycles. The number of phenolic OH excluding ortho intramolecular Hbond substituents is 1. The fraction of sp³-hybridized carbons (Fsp3) is 0.143. The first-order valence-electron chi connectivity index (χ1n) is 5.94. The number of anilines is 1. The molecule has 1 heterocycles. The first-order chi connectivity index (χ1) is 9.63. The molecule has 1 aliphatic heterocycles. The molecular weight excluding hydrogens is 301 g/mol. The van der Waals surface area contributed by atoms with Crippen molar-refractivity contribution in [1.82, 2.24) is 0 Å². The number of hydrogen-bond donors (Lipinski definition) is 2. The van der Waals surface area contributed by atoms with Crippen LogP contribution in [0.4, 0.5) is 5.69 Å². The Morgan fingerprint density at radius 2 is 1.95 bits per heavy atom. The smallest absolute Gasteiger partial charge is 0.231 e. The lowest BCUT2D eigenvalue weighted by atomic mass is 10.2. The van der Waals surface area contributed by atoms with Crippen molar-refractivity contribution in [3.63, 3.8) is 0 Å². The number of ether oxygens (including phenoxy) is 2. The van der Waals surface area contributed by atoms with Crippen molar-refractivity contribution in [2.24, 2.45) is 0 Å². The molecule has 2 N–H and O–H groups in total. The fourth-order valence-electron chi connectivity index (χ4n) is 1.94. The first kappa shape index (κ1) is 13.2. The third-order valence-electron chi connectivity index (χ3n) is 2.93. The number of nitrogens with one attached hydrogen (secondary N) is 1. The summed E-state index contributed by atoms with van der Waals surface area (Å²) in [5.41, 5.74) is 1.77. The van der Waals surface area contributed by atoms with Crippen molar-refractivity contribution in [2.75, 3.05) is 12.1 Å². The molecule has 0 radical (unpaired) electrons. The molecule has 4 nitrogen and oxygen atoms in total. The van der Waals surface area contributed by atoms with Crippen LogP contribution in [-0.4, -0.2) is 11.9 Å². The Hall–Kier alpha value is -1.78.